The minimum absolute atomic E-state index is 0.361. The van der Waals surface area contributed by atoms with Crippen LogP contribution in [0.5, 0.6) is 5.75 Å². The first kappa shape index (κ1) is 18.3. The number of nitrogens with zero attached hydrogens (tertiary/aromatic N) is 3. The standard InChI is InChI=1S/C19H16N4O3S2/c1-26-19-9-17-15(8-18(19)23-28(2,24)25)14(12-3-5-20-6-4-12)7-16(22-17)13-10-21-27-11-13/h3-11,23H,1-2H3. The number of nitrogens with one attached hydrogen (secondary N) is 1. The minimum atomic E-state index is -3.47. The van der Waals surface area contributed by atoms with Gasteiger partial charge in [0.1, 0.15) is 5.75 Å². The Hall–Kier alpha value is -3.04. The summed E-state index contributed by atoms with van der Waals surface area (Å²) in [5.41, 5.74) is 4.60. The molecule has 0 unspecified atom stereocenters. The highest BCUT2D eigenvalue weighted by Crippen LogP contribution is 2.37. The summed E-state index contributed by atoms with van der Waals surface area (Å²) < 4.78 is 35.6. The van der Waals surface area contributed by atoms with E-state index in [9.17, 15) is 8.42 Å². The number of ether oxygens (including phenoxy) is 1. The third-order valence-corrected chi connectivity index (χ3v) is 5.32. The molecule has 0 bridgehead atoms. The lowest BCUT2D eigenvalue weighted by atomic mass is 9.99. The van der Waals surface area contributed by atoms with Gasteiger partial charge < -0.3 is 4.74 Å². The van der Waals surface area contributed by atoms with Gasteiger partial charge >= 0.3 is 0 Å². The van der Waals surface area contributed by atoms with Gasteiger partial charge in [-0.15, -0.1) is 0 Å². The number of methoxy groups -OCH3 is 1. The van der Waals surface area contributed by atoms with Gasteiger partial charge in [0.2, 0.25) is 10.0 Å². The quantitative estimate of drug-likeness (QED) is 0.536. The number of aromatic nitrogens is 3. The van der Waals surface area contributed by atoms with Gasteiger partial charge in [-0.25, -0.2) is 17.8 Å². The molecule has 28 heavy (non-hydrogen) atoms. The number of rotatable bonds is 5. The molecule has 0 atom stereocenters. The van der Waals surface area contributed by atoms with Gasteiger partial charge in [-0.1, -0.05) is 0 Å². The van der Waals surface area contributed by atoms with Crippen molar-refractivity contribution in [2.45, 2.75) is 0 Å². The third-order valence-electron chi connectivity index (χ3n) is 4.14. The van der Waals surface area contributed by atoms with Gasteiger partial charge in [0.25, 0.3) is 0 Å². The van der Waals surface area contributed by atoms with Crippen molar-refractivity contribution in [1.82, 2.24) is 14.3 Å². The van der Waals surface area contributed by atoms with Gasteiger partial charge in [0, 0.05) is 34.8 Å². The number of hydrogen-bond acceptors (Lipinski definition) is 7. The van der Waals surface area contributed by atoms with Crippen LogP contribution in [0.1, 0.15) is 0 Å². The zero-order valence-electron chi connectivity index (χ0n) is 15.1. The number of benzene rings is 1. The summed E-state index contributed by atoms with van der Waals surface area (Å²) in [6.07, 6.45) is 6.30. The molecule has 0 radical (unpaired) electrons. The molecule has 0 aliphatic carbocycles. The zero-order chi connectivity index (χ0) is 19.7. The van der Waals surface area contributed by atoms with Crippen LogP contribution in [-0.4, -0.2) is 36.1 Å². The van der Waals surface area contributed by atoms with Crippen molar-refractivity contribution in [2.24, 2.45) is 0 Å². The van der Waals surface area contributed by atoms with E-state index in [4.69, 9.17) is 9.72 Å². The van der Waals surface area contributed by atoms with Gasteiger partial charge in [-0.05, 0) is 46.9 Å². The Kier molecular flexibility index (Phi) is 4.70. The van der Waals surface area contributed by atoms with E-state index in [0.717, 1.165) is 34.0 Å². The Morgan fingerprint density at radius 1 is 1.11 bits per heavy atom. The van der Waals surface area contributed by atoms with Crippen LogP contribution < -0.4 is 9.46 Å². The second kappa shape index (κ2) is 7.17. The van der Waals surface area contributed by atoms with E-state index in [1.54, 1.807) is 30.7 Å². The predicted octanol–water partition coefficient (Wildman–Crippen LogP) is 3.80. The van der Waals surface area contributed by atoms with E-state index in [0.29, 0.717) is 17.0 Å². The first-order valence-corrected chi connectivity index (χ1v) is 11.0. The average molecular weight is 412 g/mol. The summed E-state index contributed by atoms with van der Waals surface area (Å²) in [4.78, 5) is 8.82. The predicted molar refractivity (Wildman–Crippen MR) is 111 cm³/mol. The first-order chi connectivity index (χ1) is 13.4. The summed E-state index contributed by atoms with van der Waals surface area (Å²) in [7, 11) is -1.98. The maximum absolute atomic E-state index is 11.8. The highest BCUT2D eigenvalue weighted by molar-refractivity contribution is 7.92. The topological polar surface area (TPSA) is 94.1 Å². The van der Waals surface area contributed by atoms with E-state index < -0.39 is 10.0 Å². The maximum atomic E-state index is 11.8. The fourth-order valence-electron chi connectivity index (χ4n) is 2.95. The van der Waals surface area contributed by atoms with Crippen LogP contribution in [0, 0.1) is 0 Å². The molecule has 0 amide bonds. The smallest absolute Gasteiger partial charge is 0.229 e. The monoisotopic (exact) mass is 412 g/mol. The molecule has 142 valence electrons. The Bertz CT molecular complexity index is 1240. The number of sulfonamides is 1. The van der Waals surface area contributed by atoms with Crippen molar-refractivity contribution in [3.63, 3.8) is 0 Å². The van der Waals surface area contributed by atoms with E-state index >= 15 is 0 Å². The summed E-state index contributed by atoms with van der Waals surface area (Å²) in [6, 6.07) is 9.25. The SMILES string of the molecule is COc1cc2nc(-c3cnsc3)cc(-c3ccncc3)c2cc1NS(C)(=O)=O. The highest BCUT2D eigenvalue weighted by Gasteiger charge is 2.16. The lowest BCUT2D eigenvalue weighted by Gasteiger charge is -2.14. The molecular weight excluding hydrogens is 396 g/mol. The Morgan fingerprint density at radius 2 is 1.89 bits per heavy atom. The average Bonchev–Trinajstić information content (AvgIpc) is 3.21. The van der Waals surface area contributed by atoms with Crippen LogP contribution >= 0.6 is 11.5 Å². The molecule has 3 heterocycles. The Balaban J connectivity index is 2.03. The maximum Gasteiger partial charge on any atom is 0.229 e. The molecule has 0 aliphatic heterocycles. The summed E-state index contributed by atoms with van der Waals surface area (Å²) in [5, 5.41) is 2.73. The zero-order valence-corrected chi connectivity index (χ0v) is 16.7. The molecule has 0 aliphatic rings. The molecular formula is C19H16N4O3S2. The van der Waals surface area contributed by atoms with Crippen molar-refractivity contribution in [2.75, 3.05) is 18.1 Å². The fraction of sp³-hybridized carbons (Fsp3) is 0.105. The fourth-order valence-corrected chi connectivity index (χ4v) is 4.04. The van der Waals surface area contributed by atoms with Crippen molar-refractivity contribution in [3.05, 3.63) is 54.3 Å². The normalized spacial score (nSPS) is 11.5. The third kappa shape index (κ3) is 3.67. The van der Waals surface area contributed by atoms with Crippen molar-refractivity contribution >= 4 is 38.1 Å². The molecule has 7 nitrogen and oxygen atoms in total. The molecule has 3 aromatic heterocycles. The van der Waals surface area contributed by atoms with Crippen molar-refractivity contribution in [1.29, 1.82) is 0 Å². The van der Waals surface area contributed by atoms with Gasteiger partial charge in [0.05, 0.1) is 36.5 Å². The van der Waals surface area contributed by atoms with E-state index in [1.807, 2.05) is 23.6 Å². The highest BCUT2D eigenvalue weighted by atomic mass is 32.2. The number of anilines is 1. The van der Waals surface area contributed by atoms with Crippen LogP contribution in [0.2, 0.25) is 0 Å². The molecule has 0 spiro atoms. The molecule has 0 fully saturated rings. The molecule has 0 saturated heterocycles. The van der Waals surface area contributed by atoms with E-state index in [2.05, 4.69) is 14.1 Å². The second-order valence-electron chi connectivity index (χ2n) is 6.15. The number of pyridine rings is 2. The van der Waals surface area contributed by atoms with Crippen LogP contribution in [0.15, 0.2) is 54.3 Å². The molecule has 0 saturated carbocycles. The second-order valence-corrected chi connectivity index (χ2v) is 8.55. The largest absolute Gasteiger partial charge is 0.494 e. The van der Waals surface area contributed by atoms with Gasteiger partial charge in [0.15, 0.2) is 0 Å². The van der Waals surface area contributed by atoms with Crippen LogP contribution in [0.3, 0.4) is 0 Å². The van der Waals surface area contributed by atoms with Crippen LogP contribution in [0.25, 0.3) is 33.3 Å². The molecule has 9 heteroatoms. The van der Waals surface area contributed by atoms with E-state index in [-0.39, 0.29) is 0 Å². The van der Waals surface area contributed by atoms with Crippen LogP contribution in [0.4, 0.5) is 5.69 Å². The van der Waals surface area contributed by atoms with Crippen molar-refractivity contribution in [3.8, 4) is 28.1 Å². The minimum Gasteiger partial charge on any atom is -0.494 e. The van der Waals surface area contributed by atoms with Gasteiger partial charge in [-0.3, -0.25) is 9.71 Å². The molecule has 1 N–H and O–H groups in total. The molecule has 4 aromatic rings. The van der Waals surface area contributed by atoms with Crippen LogP contribution in [-0.2, 0) is 10.0 Å². The van der Waals surface area contributed by atoms with Crippen molar-refractivity contribution < 1.29 is 13.2 Å². The summed E-state index contributed by atoms with van der Waals surface area (Å²) >= 11 is 1.36. The molecule has 4 rings (SSSR count). The Labute approximate surface area is 166 Å². The Morgan fingerprint density at radius 3 is 2.54 bits per heavy atom. The molecule has 1 aromatic carbocycles. The lowest BCUT2D eigenvalue weighted by molar-refractivity contribution is 0.417. The van der Waals surface area contributed by atoms with Gasteiger partial charge in [-0.2, -0.15) is 0 Å². The first-order valence-electron chi connectivity index (χ1n) is 8.25. The number of fused-ring (bicyclic) bond motifs is 1. The number of hydrogen-bond donors (Lipinski definition) is 1. The lowest BCUT2D eigenvalue weighted by Crippen LogP contribution is -2.10. The summed E-state index contributed by atoms with van der Waals surface area (Å²) in [6.45, 7) is 0. The summed E-state index contributed by atoms with van der Waals surface area (Å²) in [5.74, 6) is 0.395. The van der Waals surface area contributed by atoms with E-state index in [1.165, 1.54) is 18.6 Å².